The SMILES string of the molecule is CN(CC1CC(O)C1)c1ncncc1Br. The molecule has 1 aromatic rings. The molecule has 1 fully saturated rings. The van der Waals surface area contributed by atoms with Crippen LogP contribution in [0.3, 0.4) is 0 Å². The highest BCUT2D eigenvalue weighted by Gasteiger charge is 2.28. The Kier molecular flexibility index (Phi) is 3.21. The third-order valence-corrected chi connectivity index (χ3v) is 3.31. The molecule has 0 atom stereocenters. The zero-order valence-corrected chi connectivity index (χ0v) is 10.2. The fourth-order valence-corrected chi connectivity index (χ4v) is 2.43. The van der Waals surface area contributed by atoms with Crippen LogP contribution in [0.5, 0.6) is 0 Å². The van der Waals surface area contributed by atoms with Gasteiger partial charge in [-0.15, -0.1) is 0 Å². The maximum Gasteiger partial charge on any atom is 0.146 e. The van der Waals surface area contributed by atoms with E-state index < -0.39 is 0 Å². The lowest BCUT2D eigenvalue weighted by Gasteiger charge is -2.34. The molecule has 0 unspecified atom stereocenters. The van der Waals surface area contributed by atoms with Gasteiger partial charge in [0.15, 0.2) is 0 Å². The molecule has 5 heteroatoms. The number of aromatic nitrogens is 2. The Morgan fingerprint density at radius 2 is 2.33 bits per heavy atom. The molecular formula is C10H14BrN3O. The van der Waals surface area contributed by atoms with Crippen molar-refractivity contribution >= 4 is 21.7 Å². The minimum Gasteiger partial charge on any atom is -0.393 e. The van der Waals surface area contributed by atoms with Crippen molar-refractivity contribution in [3.63, 3.8) is 0 Å². The van der Waals surface area contributed by atoms with Crippen LogP contribution in [0.2, 0.25) is 0 Å². The van der Waals surface area contributed by atoms with Gasteiger partial charge in [-0.3, -0.25) is 0 Å². The Bertz CT molecular complexity index is 341. The molecule has 0 radical (unpaired) electrons. The van der Waals surface area contributed by atoms with Crippen LogP contribution in [0.25, 0.3) is 0 Å². The summed E-state index contributed by atoms with van der Waals surface area (Å²) in [5.41, 5.74) is 0. The lowest BCUT2D eigenvalue weighted by molar-refractivity contribution is 0.0464. The smallest absolute Gasteiger partial charge is 0.146 e. The van der Waals surface area contributed by atoms with E-state index >= 15 is 0 Å². The lowest BCUT2D eigenvalue weighted by Crippen LogP contribution is -2.37. The summed E-state index contributed by atoms with van der Waals surface area (Å²) in [7, 11) is 2.01. The molecule has 15 heavy (non-hydrogen) atoms. The first-order chi connectivity index (χ1) is 7.16. The molecule has 0 aromatic carbocycles. The van der Waals surface area contributed by atoms with Crippen molar-refractivity contribution in [2.45, 2.75) is 18.9 Å². The Hall–Kier alpha value is -0.680. The van der Waals surface area contributed by atoms with E-state index in [0.717, 1.165) is 29.7 Å². The van der Waals surface area contributed by atoms with Gasteiger partial charge in [0, 0.05) is 19.8 Å². The molecule has 0 aliphatic heterocycles. The van der Waals surface area contributed by atoms with Gasteiger partial charge in [0.05, 0.1) is 10.6 Å². The second kappa shape index (κ2) is 4.45. The van der Waals surface area contributed by atoms with E-state index in [2.05, 4.69) is 30.8 Å². The number of aliphatic hydroxyl groups excluding tert-OH is 1. The molecule has 1 aliphatic rings. The first-order valence-electron chi connectivity index (χ1n) is 5.01. The fraction of sp³-hybridized carbons (Fsp3) is 0.600. The maximum absolute atomic E-state index is 9.20. The summed E-state index contributed by atoms with van der Waals surface area (Å²) in [5, 5.41) is 9.20. The molecule has 4 nitrogen and oxygen atoms in total. The van der Waals surface area contributed by atoms with Crippen LogP contribution < -0.4 is 4.90 Å². The zero-order valence-electron chi connectivity index (χ0n) is 8.60. The Morgan fingerprint density at radius 3 is 2.93 bits per heavy atom. The van der Waals surface area contributed by atoms with Crippen molar-refractivity contribution in [3.05, 3.63) is 17.0 Å². The van der Waals surface area contributed by atoms with Gasteiger partial charge in [-0.05, 0) is 34.7 Å². The molecule has 1 heterocycles. The Labute approximate surface area is 97.5 Å². The van der Waals surface area contributed by atoms with E-state index in [-0.39, 0.29) is 6.10 Å². The van der Waals surface area contributed by atoms with Gasteiger partial charge in [0.1, 0.15) is 12.1 Å². The number of hydrogen-bond donors (Lipinski definition) is 1. The van der Waals surface area contributed by atoms with E-state index in [9.17, 15) is 5.11 Å². The average molecular weight is 272 g/mol. The minimum atomic E-state index is -0.0859. The van der Waals surface area contributed by atoms with Crippen LogP contribution in [0.15, 0.2) is 17.0 Å². The van der Waals surface area contributed by atoms with E-state index in [0.29, 0.717) is 5.92 Å². The molecule has 0 amide bonds. The summed E-state index contributed by atoms with van der Waals surface area (Å²) >= 11 is 3.42. The monoisotopic (exact) mass is 271 g/mol. The first kappa shape index (κ1) is 10.8. The highest BCUT2D eigenvalue weighted by Crippen LogP contribution is 2.30. The van der Waals surface area contributed by atoms with Gasteiger partial charge in [-0.1, -0.05) is 0 Å². The zero-order chi connectivity index (χ0) is 10.8. The van der Waals surface area contributed by atoms with Crippen molar-refractivity contribution in [2.75, 3.05) is 18.5 Å². The predicted octanol–water partition coefficient (Wildman–Crippen LogP) is 1.45. The molecule has 1 N–H and O–H groups in total. The third kappa shape index (κ3) is 2.46. The summed E-state index contributed by atoms with van der Waals surface area (Å²) in [6.07, 6.45) is 5.03. The molecule has 0 spiro atoms. The average Bonchev–Trinajstić information content (AvgIpc) is 2.16. The molecule has 1 aromatic heterocycles. The second-order valence-electron chi connectivity index (χ2n) is 4.07. The number of aliphatic hydroxyl groups is 1. The molecule has 0 saturated heterocycles. The van der Waals surface area contributed by atoms with Crippen molar-refractivity contribution in [3.8, 4) is 0 Å². The molecule has 82 valence electrons. The van der Waals surface area contributed by atoms with E-state index in [1.54, 1.807) is 12.5 Å². The summed E-state index contributed by atoms with van der Waals surface area (Å²) < 4.78 is 0.910. The number of anilines is 1. The number of rotatable bonds is 3. The summed E-state index contributed by atoms with van der Waals surface area (Å²) in [6, 6.07) is 0. The summed E-state index contributed by atoms with van der Waals surface area (Å²) in [4.78, 5) is 10.2. The van der Waals surface area contributed by atoms with Crippen molar-refractivity contribution < 1.29 is 5.11 Å². The van der Waals surface area contributed by atoms with Gasteiger partial charge >= 0.3 is 0 Å². The van der Waals surface area contributed by atoms with Crippen molar-refractivity contribution in [1.82, 2.24) is 9.97 Å². The molecular weight excluding hydrogens is 258 g/mol. The Balaban J connectivity index is 1.96. The second-order valence-corrected chi connectivity index (χ2v) is 4.92. The van der Waals surface area contributed by atoms with Gasteiger partial charge in [-0.25, -0.2) is 9.97 Å². The van der Waals surface area contributed by atoms with Gasteiger partial charge < -0.3 is 10.0 Å². The maximum atomic E-state index is 9.20. The van der Waals surface area contributed by atoms with E-state index in [1.807, 2.05) is 7.05 Å². The molecule has 1 saturated carbocycles. The minimum absolute atomic E-state index is 0.0859. The number of hydrogen-bond acceptors (Lipinski definition) is 4. The van der Waals surface area contributed by atoms with Crippen LogP contribution in [0, 0.1) is 5.92 Å². The van der Waals surface area contributed by atoms with Crippen LogP contribution in [-0.4, -0.2) is 34.8 Å². The van der Waals surface area contributed by atoms with Crippen LogP contribution >= 0.6 is 15.9 Å². The standard InChI is InChI=1S/C10H14BrN3O/c1-14(5-7-2-8(15)3-7)10-9(11)4-12-6-13-10/h4,6-8,15H,2-3,5H2,1H3. The van der Waals surface area contributed by atoms with Gasteiger partial charge in [0.2, 0.25) is 0 Å². The van der Waals surface area contributed by atoms with Crippen LogP contribution in [0.1, 0.15) is 12.8 Å². The summed E-state index contributed by atoms with van der Waals surface area (Å²) in [6.45, 7) is 0.937. The van der Waals surface area contributed by atoms with E-state index in [1.165, 1.54) is 0 Å². The third-order valence-electron chi connectivity index (χ3n) is 2.75. The molecule has 2 rings (SSSR count). The topological polar surface area (TPSA) is 49.2 Å². The van der Waals surface area contributed by atoms with Crippen molar-refractivity contribution in [1.29, 1.82) is 0 Å². The fourth-order valence-electron chi connectivity index (χ4n) is 1.91. The predicted molar refractivity (Wildman–Crippen MR) is 61.7 cm³/mol. The summed E-state index contributed by atoms with van der Waals surface area (Å²) in [5.74, 6) is 1.50. The van der Waals surface area contributed by atoms with E-state index in [4.69, 9.17) is 0 Å². The number of nitrogens with zero attached hydrogens (tertiary/aromatic N) is 3. The molecule has 1 aliphatic carbocycles. The first-order valence-corrected chi connectivity index (χ1v) is 5.81. The largest absolute Gasteiger partial charge is 0.393 e. The Morgan fingerprint density at radius 1 is 1.60 bits per heavy atom. The van der Waals surface area contributed by atoms with Crippen LogP contribution in [0.4, 0.5) is 5.82 Å². The normalized spacial score (nSPS) is 24.7. The van der Waals surface area contributed by atoms with Gasteiger partial charge in [0.25, 0.3) is 0 Å². The van der Waals surface area contributed by atoms with Crippen molar-refractivity contribution in [2.24, 2.45) is 5.92 Å². The molecule has 0 bridgehead atoms. The highest BCUT2D eigenvalue weighted by molar-refractivity contribution is 9.10. The number of halogens is 1. The highest BCUT2D eigenvalue weighted by atomic mass is 79.9. The van der Waals surface area contributed by atoms with Crippen LogP contribution in [-0.2, 0) is 0 Å². The quantitative estimate of drug-likeness (QED) is 0.904. The lowest BCUT2D eigenvalue weighted by atomic mass is 9.82. The van der Waals surface area contributed by atoms with Gasteiger partial charge in [-0.2, -0.15) is 0 Å².